The van der Waals surface area contributed by atoms with E-state index in [1.165, 1.54) is 31.2 Å². The lowest BCUT2D eigenvalue weighted by atomic mass is 10.1. The Morgan fingerprint density at radius 2 is 1.67 bits per heavy atom. The topological polar surface area (TPSA) is 76.7 Å². The first kappa shape index (κ1) is 18.6. The van der Waals surface area contributed by atoms with Gasteiger partial charge in [0, 0.05) is 18.2 Å². The molecular formula is C18H15F3N2O4. The van der Waals surface area contributed by atoms with E-state index in [1.807, 2.05) is 0 Å². The Labute approximate surface area is 152 Å². The summed E-state index contributed by atoms with van der Waals surface area (Å²) in [6.07, 6.45) is -4.72. The first-order valence-corrected chi connectivity index (χ1v) is 7.94. The molecule has 0 saturated heterocycles. The van der Waals surface area contributed by atoms with Gasteiger partial charge in [0.05, 0.1) is 11.3 Å². The van der Waals surface area contributed by atoms with Gasteiger partial charge in [-0.25, -0.2) is 0 Å². The number of benzene rings is 2. The quantitative estimate of drug-likeness (QED) is 0.852. The summed E-state index contributed by atoms with van der Waals surface area (Å²) in [6, 6.07) is 7.49. The number of amides is 2. The van der Waals surface area contributed by atoms with Crippen LogP contribution in [-0.2, 0) is 11.0 Å². The fraction of sp³-hybridized carbons (Fsp3) is 0.222. The molecule has 0 bridgehead atoms. The van der Waals surface area contributed by atoms with Gasteiger partial charge in [0.1, 0.15) is 13.2 Å². The third kappa shape index (κ3) is 4.30. The van der Waals surface area contributed by atoms with E-state index in [9.17, 15) is 22.8 Å². The summed E-state index contributed by atoms with van der Waals surface area (Å²) in [6.45, 7) is 1.89. The van der Waals surface area contributed by atoms with Crippen LogP contribution >= 0.6 is 0 Å². The van der Waals surface area contributed by atoms with Crippen molar-refractivity contribution in [3.8, 4) is 11.5 Å². The maximum Gasteiger partial charge on any atom is 0.418 e. The molecule has 6 nitrogen and oxygen atoms in total. The van der Waals surface area contributed by atoms with Gasteiger partial charge in [-0.2, -0.15) is 13.2 Å². The van der Waals surface area contributed by atoms with Gasteiger partial charge in [-0.15, -0.1) is 0 Å². The van der Waals surface area contributed by atoms with Gasteiger partial charge in [0.2, 0.25) is 5.91 Å². The molecule has 1 heterocycles. The lowest BCUT2D eigenvalue weighted by Gasteiger charge is -2.19. The molecule has 2 aromatic rings. The number of fused-ring (bicyclic) bond motifs is 1. The molecule has 1 aliphatic rings. The van der Waals surface area contributed by atoms with Crippen LogP contribution in [0.4, 0.5) is 24.5 Å². The summed E-state index contributed by atoms with van der Waals surface area (Å²) in [5, 5.41) is 4.53. The van der Waals surface area contributed by atoms with Gasteiger partial charge < -0.3 is 20.1 Å². The molecule has 0 radical (unpaired) electrons. The normalized spacial score (nSPS) is 13.0. The van der Waals surface area contributed by atoms with Crippen LogP contribution in [0.5, 0.6) is 11.5 Å². The minimum Gasteiger partial charge on any atom is -0.486 e. The van der Waals surface area contributed by atoms with Crippen LogP contribution in [0.25, 0.3) is 0 Å². The molecule has 1 aliphatic heterocycles. The molecule has 2 N–H and O–H groups in total. The third-order valence-electron chi connectivity index (χ3n) is 3.70. The van der Waals surface area contributed by atoms with Crippen LogP contribution in [0.1, 0.15) is 22.8 Å². The maximum absolute atomic E-state index is 13.3. The lowest BCUT2D eigenvalue weighted by Crippen LogP contribution is -2.19. The fourth-order valence-corrected chi connectivity index (χ4v) is 2.55. The second kappa shape index (κ2) is 7.18. The van der Waals surface area contributed by atoms with Gasteiger partial charge in [0.15, 0.2) is 11.5 Å². The molecule has 2 aromatic carbocycles. The number of alkyl halides is 3. The van der Waals surface area contributed by atoms with E-state index in [0.717, 1.165) is 12.1 Å². The molecule has 0 spiro atoms. The van der Waals surface area contributed by atoms with E-state index >= 15 is 0 Å². The van der Waals surface area contributed by atoms with Crippen molar-refractivity contribution in [1.82, 2.24) is 0 Å². The first-order valence-electron chi connectivity index (χ1n) is 7.94. The second-order valence-electron chi connectivity index (χ2n) is 5.75. The molecule has 3 rings (SSSR count). The zero-order valence-electron chi connectivity index (χ0n) is 14.1. The Balaban J connectivity index is 1.88. The van der Waals surface area contributed by atoms with Crippen LogP contribution in [0.3, 0.4) is 0 Å². The second-order valence-corrected chi connectivity index (χ2v) is 5.75. The van der Waals surface area contributed by atoms with Crippen molar-refractivity contribution >= 4 is 23.2 Å². The van der Waals surface area contributed by atoms with E-state index in [0.29, 0.717) is 24.7 Å². The number of carbonyl (C=O) groups is 2. The first-order chi connectivity index (χ1) is 12.7. The van der Waals surface area contributed by atoms with E-state index in [4.69, 9.17) is 9.47 Å². The zero-order valence-corrected chi connectivity index (χ0v) is 14.1. The fourth-order valence-electron chi connectivity index (χ4n) is 2.55. The minimum atomic E-state index is -4.72. The van der Waals surface area contributed by atoms with Crippen LogP contribution in [-0.4, -0.2) is 25.0 Å². The van der Waals surface area contributed by atoms with E-state index in [-0.39, 0.29) is 11.3 Å². The van der Waals surface area contributed by atoms with Crippen LogP contribution in [0.15, 0.2) is 36.4 Å². The Bertz CT molecular complexity index is 897. The van der Waals surface area contributed by atoms with Crippen LogP contribution < -0.4 is 20.1 Å². The van der Waals surface area contributed by atoms with Crippen molar-refractivity contribution < 1.29 is 32.2 Å². The molecule has 0 atom stereocenters. The number of ether oxygens (including phenoxy) is 2. The number of hydrogen-bond acceptors (Lipinski definition) is 4. The van der Waals surface area contributed by atoms with E-state index in [1.54, 1.807) is 0 Å². The summed E-state index contributed by atoms with van der Waals surface area (Å²) in [5.74, 6) is -0.416. The average Bonchev–Trinajstić information content (AvgIpc) is 2.61. The standard InChI is InChI=1S/C18H15F3N2O4/c1-10(24)22-12-3-4-14(13(9-12)18(19,20)21)23-17(25)11-2-5-15-16(8-11)27-7-6-26-15/h2-5,8-9H,6-7H2,1H3,(H,22,24)(H,23,25). The molecule has 0 saturated carbocycles. The predicted octanol–water partition coefficient (Wildman–Crippen LogP) is 3.69. The van der Waals surface area contributed by atoms with E-state index in [2.05, 4.69) is 10.6 Å². The molecule has 0 fully saturated rings. The zero-order chi connectivity index (χ0) is 19.6. The van der Waals surface area contributed by atoms with Gasteiger partial charge in [-0.3, -0.25) is 9.59 Å². The van der Waals surface area contributed by atoms with Crippen molar-refractivity contribution in [3.63, 3.8) is 0 Å². The van der Waals surface area contributed by atoms with Gasteiger partial charge in [0.25, 0.3) is 5.91 Å². The Morgan fingerprint density at radius 1 is 0.963 bits per heavy atom. The number of anilines is 2. The number of nitrogens with one attached hydrogen (secondary N) is 2. The molecule has 2 amide bonds. The summed E-state index contributed by atoms with van der Waals surface area (Å²) in [7, 11) is 0. The number of hydrogen-bond donors (Lipinski definition) is 2. The molecule has 9 heteroatoms. The number of rotatable bonds is 3. The summed E-state index contributed by atoms with van der Waals surface area (Å²) in [5.41, 5.74) is -1.39. The lowest BCUT2D eigenvalue weighted by molar-refractivity contribution is -0.137. The van der Waals surface area contributed by atoms with Crippen molar-refractivity contribution in [1.29, 1.82) is 0 Å². The molecule has 27 heavy (non-hydrogen) atoms. The molecular weight excluding hydrogens is 365 g/mol. The minimum absolute atomic E-state index is 0.0212. The van der Waals surface area contributed by atoms with Gasteiger partial charge in [-0.1, -0.05) is 0 Å². The summed E-state index contributed by atoms with van der Waals surface area (Å²) >= 11 is 0. The van der Waals surface area contributed by atoms with Gasteiger partial charge >= 0.3 is 6.18 Å². The molecule has 142 valence electrons. The highest BCUT2D eigenvalue weighted by molar-refractivity contribution is 6.05. The largest absolute Gasteiger partial charge is 0.486 e. The highest BCUT2D eigenvalue weighted by Crippen LogP contribution is 2.37. The highest BCUT2D eigenvalue weighted by Gasteiger charge is 2.34. The Hall–Kier alpha value is -3.23. The van der Waals surface area contributed by atoms with E-state index < -0.39 is 29.2 Å². The maximum atomic E-state index is 13.3. The average molecular weight is 380 g/mol. The monoisotopic (exact) mass is 380 g/mol. The van der Waals surface area contributed by atoms with Crippen molar-refractivity contribution in [3.05, 3.63) is 47.5 Å². The predicted molar refractivity (Wildman–Crippen MR) is 91.1 cm³/mol. The van der Waals surface area contributed by atoms with Crippen molar-refractivity contribution in [2.24, 2.45) is 0 Å². The van der Waals surface area contributed by atoms with Crippen LogP contribution in [0, 0.1) is 0 Å². The van der Waals surface area contributed by atoms with Gasteiger partial charge in [-0.05, 0) is 36.4 Å². The number of halogens is 3. The Kier molecular flexibility index (Phi) is 4.93. The van der Waals surface area contributed by atoms with Crippen molar-refractivity contribution in [2.75, 3.05) is 23.8 Å². The van der Waals surface area contributed by atoms with Crippen LogP contribution in [0.2, 0.25) is 0 Å². The van der Waals surface area contributed by atoms with Crippen molar-refractivity contribution in [2.45, 2.75) is 13.1 Å². The summed E-state index contributed by atoms with van der Waals surface area (Å²) < 4.78 is 50.7. The number of carbonyl (C=O) groups excluding carboxylic acids is 2. The molecule has 0 aliphatic carbocycles. The molecule has 0 unspecified atom stereocenters. The SMILES string of the molecule is CC(=O)Nc1ccc(NC(=O)c2ccc3c(c2)OCCO3)c(C(F)(F)F)c1. The Morgan fingerprint density at radius 3 is 2.33 bits per heavy atom. The molecule has 0 aromatic heterocycles. The third-order valence-corrected chi connectivity index (χ3v) is 3.70. The smallest absolute Gasteiger partial charge is 0.418 e. The summed E-state index contributed by atoms with van der Waals surface area (Å²) in [4.78, 5) is 23.5. The highest BCUT2D eigenvalue weighted by atomic mass is 19.4.